The van der Waals surface area contributed by atoms with Gasteiger partial charge in [0.2, 0.25) is 0 Å². The number of H-pyrrole nitrogens is 2. The first-order chi connectivity index (χ1) is 27.7. The molecule has 59 heavy (non-hydrogen) atoms. The molecule has 5 N–H and O–H groups in total. The van der Waals surface area contributed by atoms with Crippen molar-refractivity contribution >= 4 is 87.7 Å². The predicted octanol–water partition coefficient (Wildman–Crippen LogP) is 10.1. The number of ether oxygens (including phenoxy) is 2. The average molecular weight is 900 g/mol. The summed E-state index contributed by atoms with van der Waals surface area (Å²) in [5, 5.41) is 18.4. The van der Waals surface area contributed by atoms with Crippen LogP contribution in [0.2, 0.25) is 15.5 Å². The van der Waals surface area contributed by atoms with Gasteiger partial charge >= 0.3 is 11.9 Å². The number of halogens is 3. The molecule has 0 aliphatic rings. The Labute approximate surface area is 366 Å². The number of nitrogens with one attached hydrogen (secondary N) is 3. The van der Waals surface area contributed by atoms with E-state index in [1.165, 1.54) is 29.6 Å². The molecule has 4 heterocycles. The zero-order valence-corrected chi connectivity index (χ0v) is 37.6. The standard InChI is InChI=1S/C20H22ClN5O2S.C16H16Cl2N2O2S.C4H7N3/c1-12-9-17(26-25-12)23-16-11-15(21)22-19(24-16)29-14-7-5-13(6-8-14)10-18(27)28-20(2,3)4;1-16(2,3)22-14(21)8-10-4-6-11(7-5-10)23-15-19-12(17)9-13(18)20-15;1-3-2-4(5)7-6-3/h5-9,11H,10H2,1-4H3,(H2,22,23,24,25,26);4-7,9H,8H2,1-3H3;2H,1H3,(H3,5,6,7). The van der Waals surface area contributed by atoms with Crippen molar-refractivity contribution < 1.29 is 19.1 Å². The average Bonchev–Trinajstić information content (AvgIpc) is 3.69. The maximum atomic E-state index is 12.0. The molecular weight excluding hydrogens is 855 g/mol. The van der Waals surface area contributed by atoms with Gasteiger partial charge in [-0.25, -0.2) is 19.9 Å². The van der Waals surface area contributed by atoms with Crippen molar-refractivity contribution in [2.45, 2.75) is 99.5 Å². The first-order valence-corrected chi connectivity index (χ1v) is 20.7. The van der Waals surface area contributed by atoms with E-state index >= 15 is 0 Å². The van der Waals surface area contributed by atoms with Crippen LogP contribution in [0.15, 0.2) is 92.9 Å². The highest BCUT2D eigenvalue weighted by atomic mass is 35.5. The SMILES string of the molecule is CC(C)(C)OC(=O)Cc1ccc(Sc2nc(Cl)cc(Cl)n2)cc1.Cc1cc(N)n[nH]1.Cc1cc(Nc2cc(Cl)nc(Sc3ccc(CC(=O)OC(C)(C)C)cc3)n2)n[nH]1. The number of anilines is 3. The Morgan fingerprint density at radius 1 is 0.627 bits per heavy atom. The second-order valence-corrected chi connectivity index (χ2v) is 18.0. The predicted molar refractivity (Wildman–Crippen MR) is 234 cm³/mol. The van der Waals surface area contributed by atoms with E-state index in [1.807, 2.05) is 110 Å². The molecule has 19 heteroatoms. The lowest BCUT2D eigenvalue weighted by atomic mass is 10.1. The van der Waals surface area contributed by atoms with Gasteiger partial charge < -0.3 is 20.5 Å². The summed E-state index contributed by atoms with van der Waals surface area (Å²) in [6.45, 7) is 14.9. The van der Waals surface area contributed by atoms with E-state index in [0.717, 1.165) is 32.3 Å². The number of nitrogen functional groups attached to an aromatic ring is 1. The normalized spacial score (nSPS) is 11.1. The van der Waals surface area contributed by atoms with Gasteiger partial charge in [0.25, 0.3) is 0 Å². The molecule has 0 aliphatic heterocycles. The summed E-state index contributed by atoms with van der Waals surface area (Å²) < 4.78 is 10.7. The monoisotopic (exact) mass is 898 g/mol. The molecule has 0 unspecified atom stereocenters. The van der Waals surface area contributed by atoms with Crippen molar-refractivity contribution in [3.8, 4) is 0 Å². The van der Waals surface area contributed by atoms with Crippen molar-refractivity contribution in [1.29, 1.82) is 0 Å². The van der Waals surface area contributed by atoms with E-state index < -0.39 is 11.2 Å². The van der Waals surface area contributed by atoms with Crippen LogP contribution in [0.1, 0.15) is 64.1 Å². The molecule has 0 spiro atoms. The fourth-order valence-corrected chi connectivity index (χ4v) is 6.92. The Bertz CT molecular complexity index is 2270. The maximum Gasteiger partial charge on any atom is 0.310 e. The Morgan fingerprint density at radius 2 is 1.05 bits per heavy atom. The van der Waals surface area contributed by atoms with Gasteiger partial charge in [0.05, 0.1) is 12.8 Å². The van der Waals surface area contributed by atoms with E-state index in [0.29, 0.717) is 43.2 Å². The second-order valence-electron chi connectivity index (χ2n) is 14.7. The smallest absolute Gasteiger partial charge is 0.310 e. The molecule has 0 amide bonds. The summed E-state index contributed by atoms with van der Waals surface area (Å²) in [6.07, 6.45) is 0.467. The molecule has 0 radical (unpaired) electrons. The van der Waals surface area contributed by atoms with Gasteiger partial charge in [-0.1, -0.05) is 59.1 Å². The number of carbonyl (C=O) groups is 2. The van der Waals surface area contributed by atoms with E-state index in [9.17, 15) is 9.59 Å². The number of carbonyl (C=O) groups excluding carboxylic acids is 2. The Kier molecular flexibility index (Phi) is 17.0. The molecule has 14 nitrogen and oxygen atoms in total. The quantitative estimate of drug-likeness (QED) is 0.0575. The zero-order valence-electron chi connectivity index (χ0n) is 33.7. The number of aryl methyl sites for hydroxylation is 2. The highest BCUT2D eigenvalue weighted by molar-refractivity contribution is 7.99. The van der Waals surface area contributed by atoms with Crippen molar-refractivity contribution in [2.24, 2.45) is 0 Å². The molecule has 6 aromatic rings. The third kappa shape index (κ3) is 18.3. The van der Waals surface area contributed by atoms with Crippen LogP contribution < -0.4 is 11.1 Å². The molecule has 0 aliphatic carbocycles. The number of rotatable bonds is 10. The Balaban J connectivity index is 0.000000227. The molecule has 0 fully saturated rings. The van der Waals surface area contributed by atoms with Gasteiger partial charge in [0.15, 0.2) is 16.1 Å². The van der Waals surface area contributed by atoms with E-state index in [-0.39, 0.29) is 24.8 Å². The van der Waals surface area contributed by atoms with Crippen LogP contribution in [0.3, 0.4) is 0 Å². The number of aromatic nitrogens is 8. The highest BCUT2D eigenvalue weighted by Gasteiger charge is 2.18. The molecule has 6 rings (SSSR count). The molecule has 4 aromatic heterocycles. The fraction of sp³-hybridized carbons (Fsp3) is 0.300. The summed E-state index contributed by atoms with van der Waals surface area (Å²) >= 11 is 20.6. The molecule has 0 saturated carbocycles. The van der Waals surface area contributed by atoms with Gasteiger partial charge in [-0.3, -0.25) is 19.8 Å². The van der Waals surface area contributed by atoms with Crippen molar-refractivity contribution in [2.75, 3.05) is 11.1 Å². The lowest BCUT2D eigenvalue weighted by Crippen LogP contribution is -2.24. The second kappa shape index (κ2) is 21.4. The van der Waals surface area contributed by atoms with Crippen LogP contribution in [0, 0.1) is 13.8 Å². The summed E-state index contributed by atoms with van der Waals surface area (Å²) in [5.41, 5.74) is 7.97. The number of hydrogen-bond acceptors (Lipinski definition) is 14. The summed E-state index contributed by atoms with van der Waals surface area (Å²) in [7, 11) is 0. The topological polar surface area (TPSA) is 200 Å². The number of aromatic amines is 2. The molecule has 312 valence electrons. The van der Waals surface area contributed by atoms with E-state index in [1.54, 1.807) is 12.1 Å². The van der Waals surface area contributed by atoms with Crippen molar-refractivity contribution in [3.05, 3.63) is 111 Å². The van der Waals surface area contributed by atoms with Crippen molar-refractivity contribution in [1.82, 2.24) is 40.3 Å². The van der Waals surface area contributed by atoms with Crippen LogP contribution >= 0.6 is 58.3 Å². The third-order valence-electron chi connectivity index (χ3n) is 6.81. The maximum absolute atomic E-state index is 12.0. The molecular formula is C40H45Cl3N10O4S2. The lowest BCUT2D eigenvalue weighted by molar-refractivity contribution is -0.155. The van der Waals surface area contributed by atoms with Gasteiger partial charge in [-0.2, -0.15) is 10.2 Å². The van der Waals surface area contributed by atoms with Crippen LogP contribution in [0.5, 0.6) is 0 Å². The van der Waals surface area contributed by atoms with E-state index in [4.69, 9.17) is 50.0 Å². The highest BCUT2D eigenvalue weighted by Crippen LogP contribution is 2.29. The number of nitrogens with zero attached hydrogens (tertiary/aromatic N) is 6. The van der Waals surface area contributed by atoms with Gasteiger partial charge in [0, 0.05) is 45.4 Å². The largest absolute Gasteiger partial charge is 0.460 e. The van der Waals surface area contributed by atoms with Crippen LogP contribution in [-0.4, -0.2) is 63.5 Å². The summed E-state index contributed by atoms with van der Waals surface area (Å²) in [4.78, 5) is 42.5. The number of esters is 2. The van der Waals surface area contributed by atoms with Crippen molar-refractivity contribution in [3.63, 3.8) is 0 Å². The van der Waals surface area contributed by atoms with E-state index in [2.05, 4.69) is 45.6 Å². The number of hydrogen-bond donors (Lipinski definition) is 4. The zero-order chi connectivity index (χ0) is 43.3. The number of nitrogens with two attached hydrogens (primary N) is 1. The molecule has 2 aromatic carbocycles. The minimum atomic E-state index is -0.489. The summed E-state index contributed by atoms with van der Waals surface area (Å²) in [6, 6.07) is 21.9. The lowest BCUT2D eigenvalue weighted by Gasteiger charge is -2.19. The Hall–Kier alpha value is -4.87. The van der Waals surface area contributed by atoms with Gasteiger partial charge in [-0.15, -0.1) is 0 Å². The van der Waals surface area contributed by atoms with Crippen LogP contribution in [0.4, 0.5) is 17.5 Å². The summed E-state index contributed by atoms with van der Waals surface area (Å²) in [5.74, 6) is 1.26. The van der Waals surface area contributed by atoms with Gasteiger partial charge in [0.1, 0.15) is 38.3 Å². The first-order valence-electron chi connectivity index (χ1n) is 17.9. The number of benzene rings is 2. The molecule has 0 bridgehead atoms. The molecule has 0 atom stereocenters. The van der Waals surface area contributed by atoms with Gasteiger partial charge in [-0.05, 0) is 114 Å². The third-order valence-corrected chi connectivity index (χ3v) is 9.13. The van der Waals surface area contributed by atoms with Crippen LogP contribution in [0.25, 0.3) is 0 Å². The minimum Gasteiger partial charge on any atom is -0.460 e. The molecule has 0 saturated heterocycles. The Morgan fingerprint density at radius 3 is 1.42 bits per heavy atom. The first kappa shape index (κ1) is 46.8. The fourth-order valence-electron chi connectivity index (χ4n) is 4.63. The van der Waals surface area contributed by atoms with Crippen LogP contribution in [-0.2, 0) is 31.9 Å². The minimum absolute atomic E-state index is 0.229.